The molecule has 0 fully saturated rings. The van der Waals surface area contributed by atoms with Gasteiger partial charge in [-0.05, 0) is 43.5 Å². The van der Waals surface area contributed by atoms with Gasteiger partial charge in [0, 0.05) is 30.7 Å². The molecule has 2 aromatic heterocycles. The molecule has 0 bridgehead atoms. The van der Waals surface area contributed by atoms with Gasteiger partial charge in [-0.1, -0.05) is 42.0 Å². The normalized spacial score (nSPS) is 11.0. The maximum atomic E-state index is 13.0. The molecule has 2 heterocycles. The maximum absolute atomic E-state index is 13.0. The van der Waals surface area contributed by atoms with Crippen LogP contribution >= 0.6 is 0 Å². The standard InChI is InChI=1S/C24H24N4O/c1-16-8-9-19(17(2)12-16)23-13-21(20-6-4-5-7-22(20)27-23)24(29)25-11-10-18-14-26-28(3)15-18/h4-9,12-15H,10-11H2,1-3H3,(H,25,29). The number of rotatable bonds is 5. The Hall–Kier alpha value is -3.47. The Kier molecular flexibility index (Phi) is 5.12. The highest BCUT2D eigenvalue weighted by molar-refractivity contribution is 6.07. The number of aromatic nitrogens is 3. The quantitative estimate of drug-likeness (QED) is 0.560. The first-order valence-electron chi connectivity index (χ1n) is 9.74. The monoisotopic (exact) mass is 384 g/mol. The molecule has 5 nitrogen and oxygen atoms in total. The topological polar surface area (TPSA) is 59.8 Å². The lowest BCUT2D eigenvalue weighted by atomic mass is 9.99. The Morgan fingerprint density at radius 1 is 1.10 bits per heavy atom. The zero-order chi connectivity index (χ0) is 20.4. The number of benzene rings is 2. The van der Waals surface area contributed by atoms with Gasteiger partial charge in [-0.2, -0.15) is 5.10 Å². The van der Waals surface area contributed by atoms with E-state index in [2.05, 4.69) is 42.5 Å². The summed E-state index contributed by atoms with van der Waals surface area (Å²) in [5.41, 5.74) is 6.79. The number of hydrogen-bond acceptors (Lipinski definition) is 3. The van der Waals surface area contributed by atoms with Gasteiger partial charge in [0.15, 0.2) is 0 Å². The summed E-state index contributed by atoms with van der Waals surface area (Å²) in [6.07, 6.45) is 4.53. The fourth-order valence-electron chi connectivity index (χ4n) is 3.62. The van der Waals surface area contributed by atoms with Crippen LogP contribution in [0, 0.1) is 13.8 Å². The first-order valence-corrected chi connectivity index (χ1v) is 9.74. The fraction of sp³-hybridized carbons (Fsp3) is 0.208. The molecule has 0 spiro atoms. The number of nitrogens with zero attached hydrogens (tertiary/aromatic N) is 3. The molecular formula is C24H24N4O. The number of para-hydroxylation sites is 1. The number of fused-ring (bicyclic) bond motifs is 1. The molecule has 0 unspecified atom stereocenters. The zero-order valence-electron chi connectivity index (χ0n) is 16.9. The lowest BCUT2D eigenvalue weighted by molar-refractivity contribution is 0.0955. The molecule has 0 aliphatic heterocycles. The van der Waals surface area contributed by atoms with Crippen LogP contribution in [-0.2, 0) is 13.5 Å². The van der Waals surface area contributed by atoms with E-state index in [0.29, 0.717) is 12.1 Å². The third-order valence-corrected chi connectivity index (χ3v) is 5.08. The van der Waals surface area contributed by atoms with Gasteiger partial charge in [0.2, 0.25) is 0 Å². The minimum atomic E-state index is -0.0847. The summed E-state index contributed by atoms with van der Waals surface area (Å²) in [5, 5.41) is 8.08. The van der Waals surface area contributed by atoms with Crippen molar-refractivity contribution in [1.82, 2.24) is 20.1 Å². The second kappa shape index (κ2) is 7.87. The van der Waals surface area contributed by atoms with E-state index in [-0.39, 0.29) is 5.91 Å². The van der Waals surface area contributed by atoms with Crippen molar-refractivity contribution in [2.75, 3.05) is 6.54 Å². The molecule has 4 rings (SSSR count). The molecule has 1 amide bonds. The van der Waals surface area contributed by atoms with E-state index in [9.17, 15) is 4.79 Å². The lowest BCUT2D eigenvalue weighted by Crippen LogP contribution is -2.26. The van der Waals surface area contributed by atoms with Crippen LogP contribution in [0.25, 0.3) is 22.2 Å². The minimum absolute atomic E-state index is 0.0847. The Morgan fingerprint density at radius 3 is 2.69 bits per heavy atom. The Balaban J connectivity index is 1.66. The summed E-state index contributed by atoms with van der Waals surface area (Å²) < 4.78 is 1.77. The molecule has 0 atom stereocenters. The van der Waals surface area contributed by atoms with Crippen LogP contribution in [0.1, 0.15) is 27.0 Å². The predicted molar refractivity (Wildman–Crippen MR) is 116 cm³/mol. The predicted octanol–water partition coefficient (Wildman–Crippen LogP) is 4.22. The third kappa shape index (κ3) is 4.04. The summed E-state index contributed by atoms with van der Waals surface area (Å²) >= 11 is 0. The number of nitrogens with one attached hydrogen (secondary N) is 1. The average Bonchev–Trinajstić information content (AvgIpc) is 3.12. The molecule has 4 aromatic rings. The number of amides is 1. The van der Waals surface area contributed by atoms with Crippen LogP contribution < -0.4 is 5.32 Å². The van der Waals surface area contributed by atoms with E-state index in [1.807, 2.05) is 49.8 Å². The SMILES string of the molecule is Cc1ccc(-c2cc(C(=O)NCCc3cnn(C)c3)c3ccccc3n2)c(C)c1. The molecule has 0 aliphatic rings. The molecule has 146 valence electrons. The number of hydrogen-bond donors (Lipinski definition) is 1. The fourth-order valence-corrected chi connectivity index (χ4v) is 3.62. The second-order valence-electron chi connectivity index (χ2n) is 7.42. The van der Waals surface area contributed by atoms with E-state index in [0.717, 1.165) is 39.7 Å². The average molecular weight is 384 g/mol. The Labute approximate surface area is 170 Å². The molecule has 5 heteroatoms. The van der Waals surface area contributed by atoms with Crippen molar-refractivity contribution in [3.8, 4) is 11.3 Å². The molecule has 0 saturated heterocycles. The molecule has 0 saturated carbocycles. The number of pyridine rings is 1. The maximum Gasteiger partial charge on any atom is 0.252 e. The molecule has 1 N–H and O–H groups in total. The highest BCUT2D eigenvalue weighted by Gasteiger charge is 2.14. The van der Waals surface area contributed by atoms with Crippen molar-refractivity contribution in [2.24, 2.45) is 7.05 Å². The Morgan fingerprint density at radius 2 is 1.93 bits per heavy atom. The van der Waals surface area contributed by atoms with Crippen LogP contribution in [0.2, 0.25) is 0 Å². The van der Waals surface area contributed by atoms with Crippen LogP contribution in [0.3, 0.4) is 0 Å². The van der Waals surface area contributed by atoms with E-state index < -0.39 is 0 Å². The molecule has 0 radical (unpaired) electrons. The largest absolute Gasteiger partial charge is 0.352 e. The highest BCUT2D eigenvalue weighted by Crippen LogP contribution is 2.27. The first-order chi connectivity index (χ1) is 14.0. The zero-order valence-corrected chi connectivity index (χ0v) is 16.9. The van der Waals surface area contributed by atoms with Crippen molar-refractivity contribution in [1.29, 1.82) is 0 Å². The van der Waals surface area contributed by atoms with Gasteiger partial charge in [-0.15, -0.1) is 0 Å². The summed E-state index contributed by atoms with van der Waals surface area (Å²) in [6.45, 7) is 4.71. The van der Waals surface area contributed by atoms with Crippen molar-refractivity contribution in [2.45, 2.75) is 20.3 Å². The summed E-state index contributed by atoms with van der Waals surface area (Å²) in [7, 11) is 1.89. The third-order valence-electron chi connectivity index (χ3n) is 5.08. The summed E-state index contributed by atoms with van der Waals surface area (Å²) in [4.78, 5) is 17.8. The smallest absolute Gasteiger partial charge is 0.252 e. The van der Waals surface area contributed by atoms with Gasteiger partial charge >= 0.3 is 0 Å². The molecule has 29 heavy (non-hydrogen) atoms. The van der Waals surface area contributed by atoms with Crippen molar-refractivity contribution >= 4 is 16.8 Å². The van der Waals surface area contributed by atoms with Crippen molar-refractivity contribution in [3.05, 3.63) is 83.2 Å². The second-order valence-corrected chi connectivity index (χ2v) is 7.42. The van der Waals surface area contributed by atoms with Crippen LogP contribution in [0.4, 0.5) is 0 Å². The number of carbonyl (C=O) groups excluding carboxylic acids is 1. The summed E-state index contributed by atoms with van der Waals surface area (Å²) in [6, 6.07) is 16.0. The highest BCUT2D eigenvalue weighted by atomic mass is 16.1. The summed E-state index contributed by atoms with van der Waals surface area (Å²) in [5.74, 6) is -0.0847. The van der Waals surface area contributed by atoms with E-state index in [4.69, 9.17) is 4.98 Å². The van der Waals surface area contributed by atoms with E-state index >= 15 is 0 Å². The number of aryl methyl sites for hydroxylation is 3. The van der Waals surface area contributed by atoms with Crippen LogP contribution in [0.15, 0.2) is 60.9 Å². The first kappa shape index (κ1) is 18.9. The van der Waals surface area contributed by atoms with E-state index in [1.54, 1.807) is 4.68 Å². The van der Waals surface area contributed by atoms with Gasteiger partial charge in [0.05, 0.1) is 23.0 Å². The molecular weight excluding hydrogens is 360 g/mol. The van der Waals surface area contributed by atoms with Crippen molar-refractivity contribution < 1.29 is 4.79 Å². The number of carbonyl (C=O) groups is 1. The van der Waals surface area contributed by atoms with Crippen molar-refractivity contribution in [3.63, 3.8) is 0 Å². The molecule has 0 aliphatic carbocycles. The minimum Gasteiger partial charge on any atom is -0.352 e. The van der Waals surface area contributed by atoms with Crippen LogP contribution in [0.5, 0.6) is 0 Å². The van der Waals surface area contributed by atoms with Crippen LogP contribution in [-0.4, -0.2) is 27.2 Å². The Bertz CT molecular complexity index is 1190. The molecule has 2 aromatic carbocycles. The lowest BCUT2D eigenvalue weighted by Gasteiger charge is -2.12. The van der Waals surface area contributed by atoms with Gasteiger partial charge < -0.3 is 5.32 Å². The van der Waals surface area contributed by atoms with E-state index in [1.165, 1.54) is 5.56 Å². The van der Waals surface area contributed by atoms with Gasteiger partial charge in [-0.3, -0.25) is 9.48 Å². The van der Waals surface area contributed by atoms with Gasteiger partial charge in [-0.25, -0.2) is 4.98 Å². The van der Waals surface area contributed by atoms with Gasteiger partial charge in [0.25, 0.3) is 5.91 Å². The van der Waals surface area contributed by atoms with Gasteiger partial charge in [0.1, 0.15) is 0 Å².